The molecule has 0 N–H and O–H groups in total. The van der Waals surface area contributed by atoms with E-state index in [-0.39, 0.29) is 11.7 Å². The second-order valence-electron chi connectivity index (χ2n) is 4.79. The largest absolute Gasteiger partial charge is 0.351 e. The Morgan fingerprint density at radius 3 is 2.57 bits per heavy atom. The summed E-state index contributed by atoms with van der Waals surface area (Å²) in [5.74, 6) is 0. The predicted molar refractivity (Wildman–Crippen MR) is 79.8 cm³/mol. The molecular weight excluding hydrogens is 304 g/mol. The first-order valence-electron chi connectivity index (χ1n) is 7.36. The lowest BCUT2D eigenvalue weighted by Gasteiger charge is -2.19. The van der Waals surface area contributed by atoms with E-state index >= 15 is 0 Å². The van der Waals surface area contributed by atoms with E-state index in [2.05, 4.69) is 15.4 Å². The number of aromatic nitrogens is 5. The van der Waals surface area contributed by atoms with Crippen LogP contribution in [0.25, 0.3) is 0 Å². The van der Waals surface area contributed by atoms with Crippen LogP contribution in [0.5, 0.6) is 0 Å². The summed E-state index contributed by atoms with van der Waals surface area (Å²) in [6.45, 7) is 7.07. The molecule has 10 heteroatoms. The van der Waals surface area contributed by atoms with Gasteiger partial charge in [-0.05, 0) is 20.8 Å². The number of ether oxygens (including phenoxy) is 2. The first-order valence-corrected chi connectivity index (χ1v) is 7.36. The average Bonchev–Trinajstić information content (AvgIpc) is 3.16. The number of hydrogen-bond donors (Lipinski definition) is 0. The van der Waals surface area contributed by atoms with Gasteiger partial charge in [0.05, 0.1) is 29.4 Å². The van der Waals surface area contributed by atoms with Gasteiger partial charge in [0, 0.05) is 13.2 Å². The lowest BCUT2D eigenvalue weighted by atomic mass is 10.2. The molecule has 0 aliphatic rings. The van der Waals surface area contributed by atoms with Crippen LogP contribution in [0.15, 0.2) is 18.6 Å². The van der Waals surface area contributed by atoms with Crippen molar-refractivity contribution in [1.82, 2.24) is 24.8 Å². The van der Waals surface area contributed by atoms with Crippen LogP contribution in [-0.2, 0) is 16.0 Å². The van der Waals surface area contributed by atoms with Crippen LogP contribution in [0.2, 0.25) is 0 Å². The third-order valence-electron chi connectivity index (χ3n) is 3.30. The highest BCUT2D eigenvalue weighted by atomic mass is 16.7. The maximum atomic E-state index is 10.8. The first-order chi connectivity index (χ1) is 11.1. The topological polar surface area (TPSA) is 110 Å². The minimum atomic E-state index is -0.480. The minimum Gasteiger partial charge on any atom is -0.351 e. The summed E-state index contributed by atoms with van der Waals surface area (Å²) in [4.78, 5) is 10.3. The summed E-state index contributed by atoms with van der Waals surface area (Å²) in [5.41, 5.74) is 0.699. The zero-order chi connectivity index (χ0) is 16.8. The predicted octanol–water partition coefficient (Wildman–Crippen LogP) is 1.39. The van der Waals surface area contributed by atoms with Crippen molar-refractivity contribution in [2.45, 2.75) is 39.6 Å². The molecule has 2 aromatic heterocycles. The van der Waals surface area contributed by atoms with Gasteiger partial charge in [0.1, 0.15) is 12.4 Å². The van der Waals surface area contributed by atoms with Crippen molar-refractivity contribution in [3.8, 4) is 0 Å². The standard InChI is InChI=1S/C13H20N6O4/c1-4-22-13(23-5-2)9-18-12(7-14-16-18)10(3)17-8-11(6-15-17)19(20)21/h6-8,10,13H,4-5,9H2,1-3H3. The smallest absolute Gasteiger partial charge is 0.307 e. The monoisotopic (exact) mass is 324 g/mol. The molecule has 0 amide bonds. The maximum Gasteiger partial charge on any atom is 0.307 e. The molecular formula is C13H20N6O4. The Labute approximate surface area is 133 Å². The summed E-state index contributed by atoms with van der Waals surface area (Å²) in [5, 5.41) is 22.8. The normalized spacial score (nSPS) is 12.7. The van der Waals surface area contributed by atoms with E-state index in [1.807, 2.05) is 20.8 Å². The van der Waals surface area contributed by atoms with Gasteiger partial charge in [-0.3, -0.25) is 14.8 Å². The van der Waals surface area contributed by atoms with Gasteiger partial charge < -0.3 is 9.47 Å². The molecule has 0 aliphatic carbocycles. The van der Waals surface area contributed by atoms with Crippen molar-refractivity contribution in [2.24, 2.45) is 0 Å². The third kappa shape index (κ3) is 4.11. The average molecular weight is 324 g/mol. The van der Waals surface area contributed by atoms with Gasteiger partial charge in [-0.25, -0.2) is 4.68 Å². The van der Waals surface area contributed by atoms with Gasteiger partial charge in [0.25, 0.3) is 0 Å². The van der Waals surface area contributed by atoms with Gasteiger partial charge in [-0.15, -0.1) is 5.10 Å². The number of nitrogens with zero attached hydrogens (tertiary/aromatic N) is 6. The Morgan fingerprint density at radius 1 is 1.30 bits per heavy atom. The molecule has 126 valence electrons. The SMILES string of the molecule is CCOC(Cn1nncc1C(C)n1cc([N+](=O)[O-])cn1)OCC. The zero-order valence-corrected chi connectivity index (χ0v) is 13.3. The molecule has 23 heavy (non-hydrogen) atoms. The van der Waals surface area contributed by atoms with Crippen LogP contribution in [0.4, 0.5) is 5.69 Å². The molecule has 10 nitrogen and oxygen atoms in total. The van der Waals surface area contributed by atoms with Gasteiger partial charge in [-0.2, -0.15) is 5.10 Å². The first kappa shape index (κ1) is 17.0. The van der Waals surface area contributed by atoms with Gasteiger partial charge >= 0.3 is 5.69 Å². The van der Waals surface area contributed by atoms with Crippen LogP contribution in [0.1, 0.15) is 32.5 Å². The molecule has 0 aliphatic heterocycles. The summed E-state index contributed by atoms with van der Waals surface area (Å²) in [6.07, 6.45) is 3.77. The van der Waals surface area contributed by atoms with Crippen molar-refractivity contribution in [3.05, 3.63) is 34.4 Å². The van der Waals surface area contributed by atoms with Crippen molar-refractivity contribution >= 4 is 5.69 Å². The highest BCUT2D eigenvalue weighted by Gasteiger charge is 2.20. The molecule has 2 rings (SSSR count). The Bertz CT molecular complexity index is 634. The second-order valence-corrected chi connectivity index (χ2v) is 4.79. The van der Waals surface area contributed by atoms with Crippen LogP contribution < -0.4 is 0 Å². The van der Waals surface area contributed by atoms with Crippen molar-refractivity contribution in [1.29, 1.82) is 0 Å². The number of rotatable bonds is 9. The summed E-state index contributed by atoms with van der Waals surface area (Å²) >= 11 is 0. The molecule has 2 aromatic rings. The fourth-order valence-electron chi connectivity index (χ4n) is 2.17. The Kier molecular flexibility index (Phi) is 5.77. The van der Waals surface area contributed by atoms with E-state index in [1.165, 1.54) is 17.1 Å². The van der Waals surface area contributed by atoms with Gasteiger partial charge in [0.2, 0.25) is 0 Å². The molecule has 0 saturated heterocycles. The molecule has 0 saturated carbocycles. The van der Waals surface area contributed by atoms with Crippen LogP contribution in [0, 0.1) is 10.1 Å². The summed E-state index contributed by atoms with van der Waals surface area (Å²) in [7, 11) is 0. The molecule has 0 spiro atoms. The maximum absolute atomic E-state index is 10.8. The fourth-order valence-corrected chi connectivity index (χ4v) is 2.17. The quantitative estimate of drug-likeness (QED) is 0.389. The minimum absolute atomic E-state index is 0.0580. The highest BCUT2D eigenvalue weighted by molar-refractivity contribution is 5.22. The molecule has 0 radical (unpaired) electrons. The molecule has 1 atom stereocenters. The van der Waals surface area contributed by atoms with Crippen molar-refractivity contribution in [3.63, 3.8) is 0 Å². The Hall–Kier alpha value is -2.33. The van der Waals surface area contributed by atoms with Crippen molar-refractivity contribution < 1.29 is 14.4 Å². The molecule has 0 aromatic carbocycles. The van der Waals surface area contributed by atoms with E-state index in [1.54, 1.807) is 10.9 Å². The summed E-state index contributed by atoms with van der Waals surface area (Å²) in [6, 6.07) is -0.261. The molecule has 0 fully saturated rings. The zero-order valence-electron chi connectivity index (χ0n) is 13.3. The van der Waals surface area contributed by atoms with E-state index in [0.29, 0.717) is 19.8 Å². The third-order valence-corrected chi connectivity index (χ3v) is 3.30. The van der Waals surface area contributed by atoms with Gasteiger partial charge in [0.15, 0.2) is 6.29 Å². The van der Waals surface area contributed by atoms with E-state index in [0.717, 1.165) is 5.69 Å². The van der Waals surface area contributed by atoms with E-state index in [4.69, 9.17) is 9.47 Å². The lowest BCUT2D eigenvalue weighted by Crippen LogP contribution is -2.26. The molecule has 2 heterocycles. The van der Waals surface area contributed by atoms with Crippen LogP contribution in [0.3, 0.4) is 0 Å². The number of nitro groups is 1. The van der Waals surface area contributed by atoms with E-state index < -0.39 is 11.2 Å². The van der Waals surface area contributed by atoms with Crippen LogP contribution >= 0.6 is 0 Å². The van der Waals surface area contributed by atoms with E-state index in [9.17, 15) is 10.1 Å². The second kappa shape index (κ2) is 7.79. The van der Waals surface area contributed by atoms with Crippen LogP contribution in [-0.4, -0.2) is 49.2 Å². The van der Waals surface area contributed by atoms with Gasteiger partial charge in [-0.1, -0.05) is 5.21 Å². The Balaban J connectivity index is 2.16. The highest BCUT2D eigenvalue weighted by Crippen LogP contribution is 2.19. The fraction of sp³-hybridized carbons (Fsp3) is 0.615. The molecule has 0 bridgehead atoms. The number of hydrogen-bond acceptors (Lipinski definition) is 7. The lowest BCUT2D eigenvalue weighted by molar-refractivity contribution is -0.385. The molecule has 1 unspecified atom stereocenters. The van der Waals surface area contributed by atoms with Crippen molar-refractivity contribution in [2.75, 3.05) is 13.2 Å². The Morgan fingerprint density at radius 2 is 2.00 bits per heavy atom. The summed E-state index contributed by atoms with van der Waals surface area (Å²) < 4.78 is 14.2.